The van der Waals surface area contributed by atoms with E-state index < -0.39 is 0 Å². The lowest BCUT2D eigenvalue weighted by atomic mass is 9.93. The zero-order chi connectivity index (χ0) is 18.7. The third-order valence-corrected chi connectivity index (χ3v) is 6.24. The molecule has 0 aromatic heterocycles. The standard InChI is InChI=1S/C20H35N3O3/c1-14-12-23(13-15(2)26-14)20(25)17-8-10-22(11-9-17)16(3)19(24)21-18-6-4-5-7-18/h14-18H,4-13H2,1-3H3,(H,21,24). The first kappa shape index (κ1) is 19.6. The van der Waals surface area contributed by atoms with Crippen LogP contribution in [0, 0.1) is 5.92 Å². The predicted octanol–water partition coefficient (Wildman–Crippen LogP) is 1.78. The summed E-state index contributed by atoms with van der Waals surface area (Å²) in [6.07, 6.45) is 6.61. The van der Waals surface area contributed by atoms with Crippen molar-refractivity contribution in [1.29, 1.82) is 0 Å². The summed E-state index contributed by atoms with van der Waals surface area (Å²) >= 11 is 0. The molecule has 2 amide bonds. The number of hydrogen-bond donors (Lipinski definition) is 1. The summed E-state index contributed by atoms with van der Waals surface area (Å²) in [7, 11) is 0. The summed E-state index contributed by atoms with van der Waals surface area (Å²) in [5.74, 6) is 0.515. The molecule has 3 unspecified atom stereocenters. The largest absolute Gasteiger partial charge is 0.372 e. The molecule has 6 heteroatoms. The summed E-state index contributed by atoms with van der Waals surface area (Å²) in [6, 6.07) is 0.268. The lowest BCUT2D eigenvalue weighted by Crippen LogP contribution is -2.53. The number of piperidine rings is 1. The van der Waals surface area contributed by atoms with Gasteiger partial charge in [0.2, 0.25) is 11.8 Å². The molecular formula is C20H35N3O3. The second-order valence-electron chi connectivity index (χ2n) is 8.48. The van der Waals surface area contributed by atoms with Gasteiger partial charge in [0.25, 0.3) is 0 Å². The van der Waals surface area contributed by atoms with E-state index in [4.69, 9.17) is 4.74 Å². The van der Waals surface area contributed by atoms with Crippen LogP contribution in [0.5, 0.6) is 0 Å². The fraction of sp³-hybridized carbons (Fsp3) is 0.900. The van der Waals surface area contributed by atoms with E-state index in [2.05, 4.69) is 10.2 Å². The molecule has 6 nitrogen and oxygen atoms in total. The number of morpholine rings is 1. The van der Waals surface area contributed by atoms with Gasteiger partial charge in [-0.1, -0.05) is 12.8 Å². The number of rotatable bonds is 4. The van der Waals surface area contributed by atoms with Crippen LogP contribution in [0.15, 0.2) is 0 Å². The quantitative estimate of drug-likeness (QED) is 0.825. The highest BCUT2D eigenvalue weighted by Crippen LogP contribution is 2.24. The number of carbonyl (C=O) groups is 2. The third-order valence-electron chi connectivity index (χ3n) is 6.24. The van der Waals surface area contributed by atoms with Gasteiger partial charge in [0.05, 0.1) is 18.2 Å². The monoisotopic (exact) mass is 365 g/mol. The van der Waals surface area contributed by atoms with Crippen molar-refractivity contribution in [2.45, 2.75) is 83.6 Å². The smallest absolute Gasteiger partial charge is 0.237 e. The topological polar surface area (TPSA) is 61.9 Å². The van der Waals surface area contributed by atoms with Gasteiger partial charge in [-0.05, 0) is 59.5 Å². The van der Waals surface area contributed by atoms with Crippen molar-refractivity contribution in [2.24, 2.45) is 5.92 Å². The maximum atomic E-state index is 12.9. The Kier molecular flexibility index (Phi) is 6.56. The number of carbonyl (C=O) groups excluding carboxylic acids is 2. The fourth-order valence-corrected chi connectivity index (χ4v) is 4.71. The van der Waals surface area contributed by atoms with Crippen LogP contribution in [0.2, 0.25) is 0 Å². The first-order valence-electron chi connectivity index (χ1n) is 10.4. The molecule has 1 aliphatic carbocycles. The van der Waals surface area contributed by atoms with Crippen LogP contribution in [0.3, 0.4) is 0 Å². The first-order valence-corrected chi connectivity index (χ1v) is 10.4. The molecule has 26 heavy (non-hydrogen) atoms. The van der Waals surface area contributed by atoms with E-state index in [9.17, 15) is 9.59 Å². The molecule has 1 saturated carbocycles. The Morgan fingerprint density at radius 3 is 2.15 bits per heavy atom. The number of nitrogens with one attached hydrogen (secondary N) is 1. The number of likely N-dealkylation sites (tertiary alicyclic amines) is 1. The summed E-state index contributed by atoms with van der Waals surface area (Å²) in [5, 5.41) is 3.20. The normalized spacial score (nSPS) is 30.3. The minimum absolute atomic E-state index is 0.0915. The lowest BCUT2D eigenvalue weighted by molar-refractivity contribution is -0.149. The maximum Gasteiger partial charge on any atom is 0.237 e. The van der Waals surface area contributed by atoms with Crippen LogP contribution in [-0.2, 0) is 14.3 Å². The maximum absolute atomic E-state index is 12.9. The van der Waals surface area contributed by atoms with Crippen molar-refractivity contribution < 1.29 is 14.3 Å². The molecular weight excluding hydrogens is 330 g/mol. The summed E-state index contributed by atoms with van der Waals surface area (Å²) in [6.45, 7) is 9.10. The molecule has 2 aliphatic heterocycles. The van der Waals surface area contributed by atoms with Gasteiger partial charge in [0.1, 0.15) is 0 Å². The van der Waals surface area contributed by atoms with Gasteiger partial charge in [0, 0.05) is 25.0 Å². The molecule has 0 aromatic rings. The van der Waals surface area contributed by atoms with Crippen molar-refractivity contribution >= 4 is 11.8 Å². The molecule has 0 radical (unpaired) electrons. The van der Waals surface area contributed by atoms with Crippen LogP contribution in [0.4, 0.5) is 0 Å². The van der Waals surface area contributed by atoms with E-state index in [0.29, 0.717) is 19.1 Å². The van der Waals surface area contributed by atoms with Gasteiger partial charge in [-0.25, -0.2) is 0 Å². The predicted molar refractivity (Wildman–Crippen MR) is 101 cm³/mol. The molecule has 0 bridgehead atoms. The molecule has 0 aromatic carbocycles. The Balaban J connectivity index is 1.45. The third kappa shape index (κ3) is 4.77. The highest BCUT2D eigenvalue weighted by atomic mass is 16.5. The van der Waals surface area contributed by atoms with Crippen LogP contribution in [-0.4, -0.2) is 72.1 Å². The molecule has 2 heterocycles. The van der Waals surface area contributed by atoms with E-state index in [-0.39, 0.29) is 36.0 Å². The van der Waals surface area contributed by atoms with Crippen LogP contribution in [0.25, 0.3) is 0 Å². The highest BCUT2D eigenvalue weighted by Gasteiger charge is 2.34. The molecule has 3 rings (SSSR count). The Bertz CT molecular complexity index is 489. The second-order valence-corrected chi connectivity index (χ2v) is 8.48. The van der Waals surface area contributed by atoms with Gasteiger partial charge in [-0.3, -0.25) is 14.5 Å². The minimum Gasteiger partial charge on any atom is -0.372 e. The molecule has 1 N–H and O–H groups in total. The number of amides is 2. The second kappa shape index (κ2) is 8.70. The van der Waals surface area contributed by atoms with Gasteiger partial charge in [-0.2, -0.15) is 0 Å². The van der Waals surface area contributed by atoms with Crippen LogP contribution in [0.1, 0.15) is 59.3 Å². The lowest BCUT2D eigenvalue weighted by Gasteiger charge is -2.40. The Hall–Kier alpha value is -1.14. The number of ether oxygens (including phenoxy) is 1. The summed E-state index contributed by atoms with van der Waals surface area (Å²) < 4.78 is 5.74. The number of hydrogen-bond acceptors (Lipinski definition) is 4. The Morgan fingerprint density at radius 1 is 1.00 bits per heavy atom. The van der Waals surface area contributed by atoms with E-state index in [1.54, 1.807) is 0 Å². The molecule has 3 atom stereocenters. The molecule has 3 fully saturated rings. The highest BCUT2D eigenvalue weighted by molar-refractivity contribution is 5.82. The fourth-order valence-electron chi connectivity index (χ4n) is 4.71. The first-order chi connectivity index (χ1) is 12.4. The van der Waals surface area contributed by atoms with Crippen molar-refractivity contribution in [3.8, 4) is 0 Å². The van der Waals surface area contributed by atoms with Crippen LogP contribution >= 0.6 is 0 Å². The van der Waals surface area contributed by atoms with Crippen molar-refractivity contribution in [3.63, 3.8) is 0 Å². The van der Waals surface area contributed by atoms with Crippen molar-refractivity contribution in [1.82, 2.24) is 15.1 Å². The van der Waals surface area contributed by atoms with E-state index in [1.807, 2.05) is 25.7 Å². The average molecular weight is 366 g/mol. The average Bonchev–Trinajstić information content (AvgIpc) is 3.12. The molecule has 0 spiro atoms. The Morgan fingerprint density at radius 2 is 1.58 bits per heavy atom. The molecule has 3 aliphatic rings. The van der Waals surface area contributed by atoms with E-state index >= 15 is 0 Å². The zero-order valence-corrected chi connectivity index (χ0v) is 16.6. The van der Waals surface area contributed by atoms with E-state index in [0.717, 1.165) is 38.8 Å². The zero-order valence-electron chi connectivity index (χ0n) is 16.6. The summed E-state index contributed by atoms with van der Waals surface area (Å²) in [4.78, 5) is 29.6. The van der Waals surface area contributed by atoms with E-state index in [1.165, 1.54) is 12.8 Å². The van der Waals surface area contributed by atoms with Crippen molar-refractivity contribution in [3.05, 3.63) is 0 Å². The van der Waals surface area contributed by atoms with Gasteiger partial charge in [0.15, 0.2) is 0 Å². The Labute approximate surface area is 157 Å². The minimum atomic E-state index is -0.102. The van der Waals surface area contributed by atoms with Crippen LogP contribution < -0.4 is 5.32 Å². The summed E-state index contributed by atoms with van der Waals surface area (Å²) in [5.41, 5.74) is 0. The SMILES string of the molecule is CC1CN(C(=O)C2CCN(C(C)C(=O)NC3CCCC3)CC2)CC(C)O1. The molecule has 2 saturated heterocycles. The van der Waals surface area contributed by atoms with Gasteiger partial charge in [-0.15, -0.1) is 0 Å². The number of nitrogens with zero attached hydrogens (tertiary/aromatic N) is 2. The van der Waals surface area contributed by atoms with Gasteiger partial charge >= 0.3 is 0 Å². The van der Waals surface area contributed by atoms with Crippen molar-refractivity contribution in [2.75, 3.05) is 26.2 Å². The van der Waals surface area contributed by atoms with Gasteiger partial charge < -0.3 is 15.0 Å². The molecule has 148 valence electrons.